The van der Waals surface area contributed by atoms with Crippen LogP contribution in [0.3, 0.4) is 0 Å². The second-order valence-corrected chi connectivity index (χ2v) is 8.47. The van der Waals surface area contributed by atoms with Crippen LogP contribution in [0.5, 0.6) is 0 Å². The van der Waals surface area contributed by atoms with Crippen molar-refractivity contribution < 1.29 is 29.6 Å². The predicted molar refractivity (Wildman–Crippen MR) is 129 cm³/mol. The summed E-state index contributed by atoms with van der Waals surface area (Å²) in [7, 11) is 0. The van der Waals surface area contributed by atoms with Crippen molar-refractivity contribution in [3.05, 3.63) is 41.7 Å². The number of hydrogen-bond donors (Lipinski definition) is 6. The molecule has 3 heterocycles. The van der Waals surface area contributed by atoms with Crippen molar-refractivity contribution in [2.24, 2.45) is 0 Å². The van der Waals surface area contributed by atoms with Gasteiger partial charge in [0.25, 0.3) is 5.91 Å². The van der Waals surface area contributed by atoms with E-state index in [4.69, 9.17) is 15.6 Å². The zero-order valence-corrected chi connectivity index (χ0v) is 19.7. The molecule has 1 saturated heterocycles. The molecule has 4 atom stereocenters. The van der Waals surface area contributed by atoms with Crippen molar-refractivity contribution in [3.8, 4) is 0 Å². The molecule has 1 aromatic carbocycles. The SMILES string of the molecule is CCNC(=O)[C@@H]1O[C@H](n2cnc3c(N)nc(NCCc4ccc(CCC(=O)O)cc4)nc32)C(O)[C@@H]1O. The molecule has 1 unspecified atom stereocenters. The second kappa shape index (κ2) is 10.8. The number of carbonyl (C=O) groups excluding carboxylic acids is 1. The van der Waals surface area contributed by atoms with Gasteiger partial charge in [0.05, 0.1) is 6.33 Å². The molecule has 1 aliphatic rings. The highest BCUT2D eigenvalue weighted by Crippen LogP contribution is 2.32. The van der Waals surface area contributed by atoms with Gasteiger partial charge in [-0.1, -0.05) is 24.3 Å². The summed E-state index contributed by atoms with van der Waals surface area (Å²) in [6, 6.07) is 7.71. The second-order valence-electron chi connectivity index (χ2n) is 8.47. The number of hydrogen-bond acceptors (Lipinski definition) is 10. The third-order valence-electron chi connectivity index (χ3n) is 5.92. The van der Waals surface area contributed by atoms with E-state index in [2.05, 4.69) is 25.6 Å². The normalized spacial score (nSPS) is 21.5. The number of aliphatic hydroxyl groups excluding tert-OH is 2. The summed E-state index contributed by atoms with van der Waals surface area (Å²) in [5.41, 5.74) is 8.65. The summed E-state index contributed by atoms with van der Waals surface area (Å²) in [6.07, 6.45) is -2.56. The largest absolute Gasteiger partial charge is 0.481 e. The smallest absolute Gasteiger partial charge is 0.303 e. The number of amides is 1. The van der Waals surface area contributed by atoms with Crippen LogP contribution in [-0.2, 0) is 27.2 Å². The van der Waals surface area contributed by atoms with Gasteiger partial charge < -0.3 is 36.4 Å². The molecule has 0 radical (unpaired) electrons. The van der Waals surface area contributed by atoms with E-state index in [0.717, 1.165) is 11.1 Å². The molecule has 13 nitrogen and oxygen atoms in total. The maximum atomic E-state index is 12.2. The van der Waals surface area contributed by atoms with Crippen molar-refractivity contribution >= 4 is 34.8 Å². The van der Waals surface area contributed by atoms with Crippen molar-refractivity contribution in [1.29, 1.82) is 0 Å². The van der Waals surface area contributed by atoms with Gasteiger partial charge in [-0.05, 0) is 30.9 Å². The number of carbonyl (C=O) groups is 2. The van der Waals surface area contributed by atoms with Crippen LogP contribution in [-0.4, -0.2) is 78.1 Å². The lowest BCUT2D eigenvalue weighted by molar-refractivity contribution is -0.138. The summed E-state index contributed by atoms with van der Waals surface area (Å²) in [5, 5.41) is 35.4. The quantitative estimate of drug-likeness (QED) is 0.217. The highest BCUT2D eigenvalue weighted by atomic mass is 16.6. The molecule has 1 aliphatic heterocycles. The molecule has 13 heteroatoms. The fourth-order valence-corrected chi connectivity index (χ4v) is 4.03. The molecule has 1 amide bonds. The van der Waals surface area contributed by atoms with Gasteiger partial charge in [0.2, 0.25) is 5.95 Å². The molecule has 0 aliphatic carbocycles. The molecule has 0 bridgehead atoms. The zero-order valence-electron chi connectivity index (χ0n) is 19.7. The first-order valence-electron chi connectivity index (χ1n) is 11.6. The maximum absolute atomic E-state index is 12.2. The van der Waals surface area contributed by atoms with Gasteiger partial charge in [0, 0.05) is 19.5 Å². The topological polar surface area (TPSA) is 198 Å². The minimum Gasteiger partial charge on any atom is -0.481 e. The first-order valence-corrected chi connectivity index (χ1v) is 11.6. The number of aliphatic hydroxyl groups is 2. The Bertz CT molecular complexity index is 1230. The molecule has 192 valence electrons. The Balaban J connectivity index is 1.45. The van der Waals surface area contributed by atoms with Crippen LogP contribution in [0.1, 0.15) is 30.7 Å². The molecule has 7 N–H and O–H groups in total. The van der Waals surface area contributed by atoms with Crippen LogP contribution in [0.25, 0.3) is 11.2 Å². The molecule has 1 fully saturated rings. The van der Waals surface area contributed by atoms with Gasteiger partial charge >= 0.3 is 5.97 Å². The number of nitrogen functional groups attached to an aromatic ring is 1. The summed E-state index contributed by atoms with van der Waals surface area (Å²) in [4.78, 5) is 35.8. The highest BCUT2D eigenvalue weighted by molar-refractivity contribution is 5.83. The number of fused-ring (bicyclic) bond motifs is 1. The number of nitrogens with one attached hydrogen (secondary N) is 2. The fraction of sp³-hybridized carbons (Fsp3) is 0.435. The van der Waals surface area contributed by atoms with Crippen LogP contribution in [0.4, 0.5) is 11.8 Å². The first-order chi connectivity index (χ1) is 17.3. The number of aromatic nitrogens is 4. The van der Waals surface area contributed by atoms with Gasteiger partial charge in [0.15, 0.2) is 23.8 Å². The lowest BCUT2D eigenvalue weighted by atomic mass is 10.1. The highest BCUT2D eigenvalue weighted by Gasteiger charge is 2.47. The van der Waals surface area contributed by atoms with Crippen LogP contribution in [0.15, 0.2) is 30.6 Å². The third kappa shape index (κ3) is 5.37. The minimum atomic E-state index is -1.42. The standard InChI is InChI=1S/C23H29N7O6/c1-2-25-21(35)18-16(33)17(34)22(36-18)30-11-27-15-19(24)28-23(29-20(15)30)26-10-9-13-5-3-12(4-6-13)7-8-14(31)32/h3-6,11,16-18,22,33-34H,2,7-10H2,1H3,(H,25,35)(H,31,32)(H3,24,26,28,29)/t16-,17?,18+,22-/m0/s1. The van der Waals surface area contributed by atoms with E-state index in [1.807, 2.05) is 24.3 Å². The molecule has 3 aromatic rings. The number of nitrogens with two attached hydrogens (primary N) is 1. The van der Waals surface area contributed by atoms with Gasteiger partial charge in [-0.3, -0.25) is 14.2 Å². The number of carboxylic acid groups (broad SMARTS) is 1. The lowest BCUT2D eigenvalue weighted by Crippen LogP contribution is -2.42. The Morgan fingerprint density at radius 1 is 1.11 bits per heavy atom. The average molecular weight is 500 g/mol. The summed E-state index contributed by atoms with van der Waals surface area (Å²) >= 11 is 0. The molecular weight excluding hydrogens is 470 g/mol. The Morgan fingerprint density at radius 3 is 2.47 bits per heavy atom. The number of anilines is 2. The monoisotopic (exact) mass is 499 g/mol. The van der Waals surface area contributed by atoms with Crippen LogP contribution in [0, 0.1) is 0 Å². The lowest BCUT2D eigenvalue weighted by Gasteiger charge is -2.16. The number of carboxylic acids is 1. The van der Waals surface area contributed by atoms with Crippen molar-refractivity contribution in [1.82, 2.24) is 24.8 Å². The van der Waals surface area contributed by atoms with E-state index in [9.17, 15) is 19.8 Å². The molecule has 4 rings (SSSR count). The Hall–Kier alpha value is -3.81. The van der Waals surface area contributed by atoms with E-state index in [0.29, 0.717) is 31.4 Å². The molecule has 2 aromatic heterocycles. The van der Waals surface area contributed by atoms with E-state index in [-0.39, 0.29) is 23.8 Å². The Labute approximate surface area is 206 Å². The molecule has 0 spiro atoms. The summed E-state index contributed by atoms with van der Waals surface area (Å²) < 4.78 is 7.09. The van der Waals surface area contributed by atoms with E-state index in [1.165, 1.54) is 10.9 Å². The number of aliphatic carboxylic acids is 1. The van der Waals surface area contributed by atoms with Gasteiger partial charge in [-0.25, -0.2) is 4.98 Å². The van der Waals surface area contributed by atoms with Crippen LogP contribution < -0.4 is 16.4 Å². The number of likely N-dealkylation sites (N-methyl/N-ethyl adjacent to an activating group) is 1. The third-order valence-corrected chi connectivity index (χ3v) is 5.92. The Morgan fingerprint density at radius 2 is 1.81 bits per heavy atom. The van der Waals surface area contributed by atoms with Gasteiger partial charge in [0.1, 0.15) is 17.7 Å². The van der Waals surface area contributed by atoms with Crippen LogP contribution in [0.2, 0.25) is 0 Å². The zero-order chi connectivity index (χ0) is 25.8. The molecular formula is C23H29N7O6. The molecule has 0 saturated carbocycles. The van der Waals surface area contributed by atoms with Crippen molar-refractivity contribution in [2.75, 3.05) is 24.1 Å². The predicted octanol–water partition coefficient (Wildman–Crippen LogP) is -0.164. The average Bonchev–Trinajstić information content (AvgIpc) is 3.40. The summed E-state index contributed by atoms with van der Waals surface area (Å²) in [6.45, 7) is 2.59. The number of nitrogens with zero attached hydrogens (tertiary/aromatic N) is 4. The number of ether oxygens (including phenoxy) is 1. The summed E-state index contributed by atoms with van der Waals surface area (Å²) in [5.74, 6) is -0.985. The first kappa shape index (κ1) is 25.3. The molecule has 36 heavy (non-hydrogen) atoms. The van der Waals surface area contributed by atoms with Crippen LogP contribution >= 0.6 is 0 Å². The van der Waals surface area contributed by atoms with Gasteiger partial charge in [-0.15, -0.1) is 0 Å². The van der Waals surface area contributed by atoms with Crippen molar-refractivity contribution in [3.63, 3.8) is 0 Å². The van der Waals surface area contributed by atoms with E-state index >= 15 is 0 Å². The number of imidazole rings is 1. The number of aryl methyl sites for hydroxylation is 1. The maximum Gasteiger partial charge on any atom is 0.303 e. The number of benzene rings is 1. The van der Waals surface area contributed by atoms with E-state index in [1.54, 1.807) is 6.92 Å². The Kier molecular flexibility index (Phi) is 7.62. The van der Waals surface area contributed by atoms with E-state index < -0.39 is 36.4 Å². The number of rotatable bonds is 10. The minimum absolute atomic E-state index is 0.0905. The van der Waals surface area contributed by atoms with Gasteiger partial charge in [-0.2, -0.15) is 9.97 Å². The van der Waals surface area contributed by atoms with Crippen molar-refractivity contribution in [2.45, 2.75) is 50.7 Å². The fourth-order valence-electron chi connectivity index (χ4n) is 4.03.